The third-order valence-corrected chi connectivity index (χ3v) is 7.08. The zero-order valence-corrected chi connectivity index (χ0v) is 22.5. The second kappa shape index (κ2) is 14.7. The smallest absolute Gasteiger partial charge is 0.105 e. The van der Waals surface area contributed by atoms with Crippen molar-refractivity contribution < 1.29 is 0 Å². The van der Waals surface area contributed by atoms with Crippen LogP contribution in [0.25, 0.3) is 0 Å². The third kappa shape index (κ3) is 7.65. The summed E-state index contributed by atoms with van der Waals surface area (Å²) in [5.74, 6) is 0. The molecule has 0 N–H and O–H groups in total. The summed E-state index contributed by atoms with van der Waals surface area (Å²) >= 11 is 1.77. The summed E-state index contributed by atoms with van der Waals surface area (Å²) in [6, 6.07) is 19.8. The Morgan fingerprint density at radius 2 is 1.80 bits per heavy atom. The molecule has 0 saturated heterocycles. The van der Waals surface area contributed by atoms with Gasteiger partial charge in [0, 0.05) is 47.5 Å². The number of aromatic nitrogens is 2. The van der Waals surface area contributed by atoms with Crippen molar-refractivity contribution in [2.75, 3.05) is 18.0 Å². The molecule has 0 aliphatic heterocycles. The van der Waals surface area contributed by atoms with E-state index in [1.165, 1.54) is 15.5 Å². The lowest BCUT2D eigenvalue weighted by atomic mass is 9.77. The fourth-order valence-corrected chi connectivity index (χ4v) is 5.13. The number of imidazole rings is 1. The lowest BCUT2D eigenvalue weighted by molar-refractivity contribution is 0.459. The van der Waals surface area contributed by atoms with Crippen molar-refractivity contribution >= 4 is 29.9 Å². The topological polar surface area (TPSA) is 44.9 Å². The highest BCUT2D eigenvalue weighted by atomic mass is 35.5. The second-order valence-electron chi connectivity index (χ2n) is 8.71. The van der Waals surface area contributed by atoms with Gasteiger partial charge in [-0.3, -0.25) is 0 Å². The van der Waals surface area contributed by atoms with Gasteiger partial charge in [0.05, 0.1) is 12.4 Å². The van der Waals surface area contributed by atoms with E-state index in [0.29, 0.717) is 13.0 Å². The van der Waals surface area contributed by atoms with E-state index in [1.807, 2.05) is 22.9 Å². The summed E-state index contributed by atoms with van der Waals surface area (Å²) in [5.41, 5.74) is 1.53. The largest absolute Gasteiger partial charge is 0.371 e. The van der Waals surface area contributed by atoms with Gasteiger partial charge in [0.2, 0.25) is 0 Å². The molecule has 3 aromatic rings. The Morgan fingerprint density at radius 3 is 2.37 bits per heavy atom. The Labute approximate surface area is 221 Å². The molecule has 0 radical (unpaired) electrons. The Hall–Kier alpha value is -2.68. The van der Waals surface area contributed by atoms with Crippen LogP contribution in [0.1, 0.15) is 51.5 Å². The van der Waals surface area contributed by atoms with Crippen molar-refractivity contribution in [3.8, 4) is 6.07 Å². The molecule has 0 saturated carbocycles. The van der Waals surface area contributed by atoms with Crippen LogP contribution in [0.15, 0.2) is 89.7 Å². The molecular formula is C29H37ClN4S. The molecule has 0 fully saturated rings. The number of rotatable bonds is 14. The van der Waals surface area contributed by atoms with E-state index >= 15 is 0 Å². The maximum atomic E-state index is 10.6. The van der Waals surface area contributed by atoms with Gasteiger partial charge in [-0.1, -0.05) is 68.8 Å². The van der Waals surface area contributed by atoms with Crippen molar-refractivity contribution in [2.24, 2.45) is 0 Å². The van der Waals surface area contributed by atoms with E-state index in [0.717, 1.165) is 44.3 Å². The number of hydrogen-bond donors (Lipinski definition) is 0. The number of nitrogens with zero attached hydrogens (tertiary/aromatic N) is 4. The monoisotopic (exact) mass is 508 g/mol. The van der Waals surface area contributed by atoms with Crippen LogP contribution >= 0.6 is 24.2 Å². The fourth-order valence-electron chi connectivity index (χ4n) is 4.26. The Kier molecular flexibility index (Phi) is 12.0. The number of benzene rings is 2. The second-order valence-corrected chi connectivity index (χ2v) is 9.86. The molecule has 1 atom stereocenters. The first-order chi connectivity index (χ1) is 16.7. The predicted molar refractivity (Wildman–Crippen MR) is 151 cm³/mol. The molecular weight excluding hydrogens is 472 g/mol. The van der Waals surface area contributed by atoms with Crippen molar-refractivity contribution in [3.05, 3.63) is 85.5 Å². The molecule has 1 aromatic heterocycles. The van der Waals surface area contributed by atoms with Crippen LogP contribution < -0.4 is 4.90 Å². The molecule has 186 valence electrons. The van der Waals surface area contributed by atoms with Gasteiger partial charge >= 0.3 is 0 Å². The summed E-state index contributed by atoms with van der Waals surface area (Å²) in [4.78, 5) is 9.11. The molecule has 0 aliphatic carbocycles. The minimum atomic E-state index is -0.718. The number of nitriles is 1. The summed E-state index contributed by atoms with van der Waals surface area (Å²) in [6.07, 6.45) is 12.5. The number of allylic oxidation sites excluding steroid dienone is 1. The SMILES string of the molecule is C=CCC(C#N)(Cn1ccnc1)c1ccc(Sc2ccccc2)cc1N(CCCC)CCCC.Cl. The van der Waals surface area contributed by atoms with Crippen LogP contribution in [0.3, 0.4) is 0 Å². The summed E-state index contributed by atoms with van der Waals surface area (Å²) < 4.78 is 2.01. The normalized spacial score (nSPS) is 12.3. The molecule has 3 rings (SSSR count). The molecule has 1 heterocycles. The van der Waals surface area contributed by atoms with Crippen LogP contribution in [-0.4, -0.2) is 22.6 Å². The van der Waals surface area contributed by atoms with Gasteiger partial charge < -0.3 is 9.47 Å². The average molecular weight is 509 g/mol. The minimum Gasteiger partial charge on any atom is -0.371 e. The first-order valence-corrected chi connectivity index (χ1v) is 13.1. The molecule has 2 aromatic carbocycles. The molecule has 0 bridgehead atoms. The van der Waals surface area contributed by atoms with Crippen molar-refractivity contribution in [1.29, 1.82) is 5.26 Å². The summed E-state index contributed by atoms with van der Waals surface area (Å²) in [7, 11) is 0. The third-order valence-electron chi connectivity index (χ3n) is 6.09. The number of halogens is 1. The number of unbranched alkanes of at least 4 members (excludes halogenated alkanes) is 2. The molecule has 0 amide bonds. The van der Waals surface area contributed by atoms with Crippen molar-refractivity contribution in [1.82, 2.24) is 9.55 Å². The van der Waals surface area contributed by atoms with E-state index in [9.17, 15) is 5.26 Å². The summed E-state index contributed by atoms with van der Waals surface area (Å²) in [5, 5.41) is 10.6. The number of anilines is 1. The fraction of sp³-hybridized carbons (Fsp3) is 0.379. The number of hydrogen-bond acceptors (Lipinski definition) is 4. The van der Waals surface area contributed by atoms with Crippen molar-refractivity contribution in [3.63, 3.8) is 0 Å². The van der Waals surface area contributed by atoms with Gasteiger partial charge in [0.15, 0.2) is 0 Å². The van der Waals surface area contributed by atoms with Gasteiger partial charge in [-0.2, -0.15) is 5.26 Å². The Balaban J connectivity index is 0.00000432. The Bertz CT molecular complexity index is 1050. The first kappa shape index (κ1) is 28.6. The van der Waals surface area contributed by atoms with E-state index in [1.54, 1.807) is 24.3 Å². The van der Waals surface area contributed by atoms with Crippen LogP contribution in [0.5, 0.6) is 0 Å². The van der Waals surface area contributed by atoms with Gasteiger partial charge in [0.25, 0.3) is 0 Å². The maximum absolute atomic E-state index is 10.6. The van der Waals surface area contributed by atoms with E-state index in [4.69, 9.17) is 0 Å². The quantitative estimate of drug-likeness (QED) is 0.207. The van der Waals surface area contributed by atoms with E-state index in [2.05, 4.69) is 78.8 Å². The lowest BCUT2D eigenvalue weighted by Gasteiger charge is -2.34. The Morgan fingerprint density at radius 1 is 1.09 bits per heavy atom. The molecule has 0 spiro atoms. The lowest BCUT2D eigenvalue weighted by Crippen LogP contribution is -2.34. The van der Waals surface area contributed by atoms with Gasteiger partial charge in [-0.05, 0) is 49.1 Å². The van der Waals surface area contributed by atoms with E-state index in [-0.39, 0.29) is 12.4 Å². The zero-order valence-electron chi connectivity index (χ0n) is 20.9. The predicted octanol–water partition coefficient (Wildman–Crippen LogP) is 7.90. The highest BCUT2D eigenvalue weighted by Gasteiger charge is 2.35. The minimum absolute atomic E-state index is 0. The van der Waals surface area contributed by atoms with Gasteiger partial charge in [-0.15, -0.1) is 19.0 Å². The first-order valence-electron chi connectivity index (χ1n) is 12.3. The molecule has 4 nitrogen and oxygen atoms in total. The van der Waals surface area contributed by atoms with Crippen LogP contribution in [-0.2, 0) is 12.0 Å². The van der Waals surface area contributed by atoms with Gasteiger partial charge in [0.1, 0.15) is 5.41 Å². The molecule has 6 heteroatoms. The van der Waals surface area contributed by atoms with Crippen LogP contribution in [0.4, 0.5) is 5.69 Å². The molecule has 1 unspecified atom stereocenters. The molecule has 35 heavy (non-hydrogen) atoms. The summed E-state index contributed by atoms with van der Waals surface area (Å²) in [6.45, 7) is 11.0. The maximum Gasteiger partial charge on any atom is 0.105 e. The van der Waals surface area contributed by atoms with Crippen molar-refractivity contribution in [2.45, 2.75) is 67.7 Å². The average Bonchev–Trinajstić information content (AvgIpc) is 3.37. The molecule has 0 aliphatic rings. The standard InChI is InChI=1S/C29H36N4S.ClH/c1-4-7-18-33(19-8-5-2)28-21-26(34-25-12-10-9-11-13-25)14-15-27(28)29(22-30,16-6-3)23-32-20-17-31-24-32;/h6,9-15,17,20-21,24H,3-5,7-8,16,18-19,23H2,1-2H3;1H. The van der Waals surface area contributed by atoms with Gasteiger partial charge in [-0.25, -0.2) is 4.98 Å². The van der Waals surface area contributed by atoms with Crippen LogP contribution in [0.2, 0.25) is 0 Å². The highest BCUT2D eigenvalue weighted by molar-refractivity contribution is 7.99. The van der Waals surface area contributed by atoms with Crippen LogP contribution in [0, 0.1) is 11.3 Å². The highest BCUT2D eigenvalue weighted by Crippen LogP contribution is 2.40. The zero-order chi connectivity index (χ0) is 24.2. The van der Waals surface area contributed by atoms with E-state index < -0.39 is 5.41 Å².